The quantitative estimate of drug-likeness (QED) is 0.321. The van der Waals surface area contributed by atoms with Gasteiger partial charge in [-0.3, -0.25) is 0 Å². The predicted molar refractivity (Wildman–Crippen MR) is 121 cm³/mol. The van der Waals surface area contributed by atoms with Crippen LogP contribution in [0.2, 0.25) is 5.02 Å². The van der Waals surface area contributed by atoms with Crippen molar-refractivity contribution in [1.29, 1.82) is 0 Å². The van der Waals surface area contributed by atoms with Gasteiger partial charge in [-0.05, 0) is 59.7 Å². The number of tetrazole rings is 1. The number of rotatable bonds is 6. The van der Waals surface area contributed by atoms with E-state index in [1.807, 2.05) is 49.4 Å². The second kappa shape index (κ2) is 9.15. The molecule has 0 aliphatic carbocycles. The van der Waals surface area contributed by atoms with E-state index in [4.69, 9.17) is 21.1 Å². The number of esters is 1. The third-order valence-electron chi connectivity index (χ3n) is 4.95. The second-order valence-electron chi connectivity index (χ2n) is 7.03. The second-order valence-corrected chi connectivity index (χ2v) is 7.41. The van der Waals surface area contributed by atoms with Crippen molar-refractivity contribution in [2.45, 2.75) is 20.5 Å². The van der Waals surface area contributed by atoms with E-state index in [1.54, 1.807) is 26.2 Å². The summed E-state index contributed by atoms with van der Waals surface area (Å²) in [4.78, 5) is 17.6. The maximum Gasteiger partial charge on any atom is 0.357 e. The van der Waals surface area contributed by atoms with Gasteiger partial charge in [0.2, 0.25) is 0 Å². The van der Waals surface area contributed by atoms with Gasteiger partial charge in [-0.25, -0.2) is 9.78 Å². The zero-order chi connectivity index (χ0) is 22.7. The van der Waals surface area contributed by atoms with E-state index in [0.717, 1.165) is 22.0 Å². The molecular formula is C23H20ClN5O3. The van der Waals surface area contributed by atoms with Gasteiger partial charge in [0.25, 0.3) is 0 Å². The molecule has 9 heteroatoms. The zero-order valence-electron chi connectivity index (χ0n) is 17.7. The number of carbonyl (C=O) groups excluding carboxylic acids is 1. The molecule has 0 fully saturated rings. The van der Waals surface area contributed by atoms with E-state index in [1.165, 1.54) is 4.68 Å². The molecule has 0 aliphatic rings. The van der Waals surface area contributed by atoms with Gasteiger partial charge in [0.1, 0.15) is 12.4 Å². The minimum absolute atomic E-state index is 0.0973. The van der Waals surface area contributed by atoms with Crippen LogP contribution in [-0.4, -0.2) is 38.3 Å². The first-order chi connectivity index (χ1) is 15.5. The van der Waals surface area contributed by atoms with Crippen molar-refractivity contribution in [3.63, 3.8) is 0 Å². The van der Waals surface area contributed by atoms with Crippen LogP contribution in [0.25, 0.3) is 22.7 Å². The van der Waals surface area contributed by atoms with Crippen LogP contribution in [-0.2, 0) is 16.1 Å². The third kappa shape index (κ3) is 4.31. The minimum Gasteiger partial charge on any atom is -0.497 e. The molecule has 0 unspecified atom stereocenters. The van der Waals surface area contributed by atoms with Crippen LogP contribution in [0.3, 0.4) is 0 Å². The highest BCUT2D eigenvalue weighted by Gasteiger charge is 2.19. The molecule has 8 nitrogen and oxygen atoms in total. The molecule has 32 heavy (non-hydrogen) atoms. The lowest BCUT2D eigenvalue weighted by atomic mass is 10.1. The number of ether oxygens (including phenoxy) is 2. The van der Waals surface area contributed by atoms with Crippen LogP contribution in [0, 0.1) is 13.8 Å². The van der Waals surface area contributed by atoms with E-state index < -0.39 is 5.97 Å². The minimum atomic E-state index is -0.619. The topological polar surface area (TPSA) is 92.0 Å². The molecule has 2 heterocycles. The number of aryl methyl sites for hydroxylation is 2. The molecule has 0 aliphatic heterocycles. The maximum absolute atomic E-state index is 13.1. The van der Waals surface area contributed by atoms with E-state index >= 15 is 0 Å². The Bertz CT molecular complexity index is 1330. The van der Waals surface area contributed by atoms with Crippen molar-refractivity contribution < 1.29 is 14.3 Å². The molecule has 2 aromatic carbocycles. The van der Waals surface area contributed by atoms with Crippen LogP contribution in [0.15, 0.2) is 48.5 Å². The fourth-order valence-corrected chi connectivity index (χ4v) is 3.47. The Morgan fingerprint density at radius 3 is 2.72 bits per heavy atom. The summed E-state index contributed by atoms with van der Waals surface area (Å²) in [5.74, 6) is 0.475. The number of fused-ring (bicyclic) bond motifs is 1. The van der Waals surface area contributed by atoms with E-state index in [2.05, 4.69) is 20.5 Å². The van der Waals surface area contributed by atoms with Crippen molar-refractivity contribution in [3.8, 4) is 5.75 Å². The summed E-state index contributed by atoms with van der Waals surface area (Å²) >= 11 is 6.50. The molecule has 0 amide bonds. The van der Waals surface area contributed by atoms with Crippen LogP contribution < -0.4 is 4.74 Å². The molecule has 0 spiro atoms. The van der Waals surface area contributed by atoms with Gasteiger partial charge in [0.15, 0.2) is 11.5 Å². The molecule has 4 aromatic rings. The number of pyridine rings is 1. The number of aromatic nitrogens is 5. The summed E-state index contributed by atoms with van der Waals surface area (Å²) in [5, 5.41) is 12.8. The number of para-hydroxylation sites is 1. The van der Waals surface area contributed by atoms with E-state index in [9.17, 15) is 4.79 Å². The van der Waals surface area contributed by atoms with Crippen LogP contribution in [0.1, 0.15) is 22.6 Å². The Morgan fingerprint density at radius 1 is 1.16 bits per heavy atom. The lowest BCUT2D eigenvalue weighted by molar-refractivity contribution is -0.138. The molecular weight excluding hydrogens is 430 g/mol. The van der Waals surface area contributed by atoms with Crippen molar-refractivity contribution in [2.24, 2.45) is 0 Å². The van der Waals surface area contributed by atoms with Gasteiger partial charge < -0.3 is 9.47 Å². The standard InChI is InChI=1S/C23H20ClN5O3/c1-14-18-9-4-5-10-19(18)25-20(22(14)24)13-32-23(30)21(29-15(2)26-27-28-29)12-16-7-6-8-17(11-16)31-3/h4-12H,13H2,1-3H3/b21-12+. The Kier molecular flexibility index (Phi) is 6.13. The number of methoxy groups -OCH3 is 1. The Balaban J connectivity index is 1.65. The molecule has 162 valence electrons. The van der Waals surface area contributed by atoms with Gasteiger partial charge in [0, 0.05) is 5.39 Å². The summed E-state index contributed by atoms with van der Waals surface area (Å²) in [6.07, 6.45) is 1.63. The average molecular weight is 450 g/mol. The SMILES string of the molecule is COc1cccc(/C=C(\C(=O)OCc2nc3ccccc3c(C)c2Cl)n2nnnc2C)c1. The number of hydrogen-bond donors (Lipinski definition) is 0. The number of halogens is 1. The third-order valence-corrected chi connectivity index (χ3v) is 5.45. The van der Waals surface area contributed by atoms with Gasteiger partial charge >= 0.3 is 5.97 Å². The van der Waals surface area contributed by atoms with Crippen molar-refractivity contribution in [3.05, 3.63) is 76.2 Å². The van der Waals surface area contributed by atoms with Crippen molar-refractivity contribution >= 4 is 40.2 Å². The van der Waals surface area contributed by atoms with Crippen molar-refractivity contribution in [1.82, 2.24) is 25.2 Å². The molecule has 4 rings (SSSR count). The Morgan fingerprint density at radius 2 is 1.97 bits per heavy atom. The summed E-state index contributed by atoms with van der Waals surface area (Å²) in [6.45, 7) is 3.51. The van der Waals surface area contributed by atoms with Crippen LogP contribution >= 0.6 is 11.6 Å². The number of hydrogen-bond acceptors (Lipinski definition) is 7. The highest BCUT2D eigenvalue weighted by Crippen LogP contribution is 2.27. The number of benzene rings is 2. The molecule has 0 atom stereocenters. The first-order valence-electron chi connectivity index (χ1n) is 9.80. The van der Waals surface area contributed by atoms with E-state index in [0.29, 0.717) is 22.3 Å². The summed E-state index contributed by atoms with van der Waals surface area (Å²) in [5.41, 5.74) is 3.01. The maximum atomic E-state index is 13.1. The van der Waals surface area contributed by atoms with Gasteiger partial charge in [-0.1, -0.05) is 41.9 Å². The summed E-state index contributed by atoms with van der Waals surface area (Å²) < 4.78 is 12.2. The summed E-state index contributed by atoms with van der Waals surface area (Å²) in [6, 6.07) is 14.9. The predicted octanol–water partition coefficient (Wildman–Crippen LogP) is 4.24. The first kappa shape index (κ1) is 21.5. The lowest BCUT2D eigenvalue weighted by Gasteiger charge is -2.12. The zero-order valence-corrected chi connectivity index (χ0v) is 18.5. The smallest absolute Gasteiger partial charge is 0.357 e. The molecule has 2 aromatic heterocycles. The number of nitrogens with zero attached hydrogens (tertiary/aromatic N) is 5. The summed E-state index contributed by atoms with van der Waals surface area (Å²) in [7, 11) is 1.58. The normalized spacial score (nSPS) is 11.6. The van der Waals surface area contributed by atoms with Gasteiger partial charge in [-0.2, -0.15) is 4.68 Å². The largest absolute Gasteiger partial charge is 0.497 e. The van der Waals surface area contributed by atoms with Gasteiger partial charge in [-0.15, -0.1) is 5.10 Å². The highest BCUT2D eigenvalue weighted by atomic mass is 35.5. The molecule has 0 N–H and O–H groups in total. The van der Waals surface area contributed by atoms with E-state index in [-0.39, 0.29) is 12.3 Å². The molecule has 0 bridgehead atoms. The molecule has 0 radical (unpaired) electrons. The van der Waals surface area contributed by atoms with Crippen LogP contribution in [0.5, 0.6) is 5.75 Å². The molecule has 0 saturated carbocycles. The lowest BCUT2D eigenvalue weighted by Crippen LogP contribution is -2.15. The van der Waals surface area contributed by atoms with Gasteiger partial charge in [0.05, 0.1) is 23.3 Å². The Labute approximate surface area is 189 Å². The highest BCUT2D eigenvalue weighted by molar-refractivity contribution is 6.32. The van der Waals surface area contributed by atoms with Crippen molar-refractivity contribution in [2.75, 3.05) is 7.11 Å². The monoisotopic (exact) mass is 449 g/mol. The Hall–Kier alpha value is -3.78. The fourth-order valence-electron chi connectivity index (χ4n) is 3.27. The average Bonchev–Trinajstić information content (AvgIpc) is 3.24. The number of carbonyl (C=O) groups is 1. The molecule has 0 saturated heterocycles. The van der Waals surface area contributed by atoms with Crippen LogP contribution in [0.4, 0.5) is 0 Å². The fraction of sp³-hybridized carbons (Fsp3) is 0.174. The first-order valence-corrected chi connectivity index (χ1v) is 10.2.